The minimum Gasteiger partial charge on any atom is -0.486 e. The Hall–Kier alpha value is -3.25. The molecule has 1 amide bonds. The third-order valence-electron chi connectivity index (χ3n) is 3.89. The van der Waals surface area contributed by atoms with Gasteiger partial charge in [0.1, 0.15) is 18.1 Å². The fourth-order valence-electron chi connectivity index (χ4n) is 2.36. The van der Waals surface area contributed by atoms with E-state index < -0.39 is 5.97 Å². The average molecular weight is 386 g/mol. The number of benzene rings is 2. The summed E-state index contributed by atoms with van der Waals surface area (Å²) in [5.74, 6) is -0.614. The summed E-state index contributed by atoms with van der Waals surface area (Å²) in [7, 11) is 0. The van der Waals surface area contributed by atoms with Gasteiger partial charge in [-0.05, 0) is 61.0 Å². The predicted molar refractivity (Wildman–Crippen MR) is 101 cm³/mol. The summed E-state index contributed by atoms with van der Waals surface area (Å²) in [5.41, 5.74) is 1.92. The van der Waals surface area contributed by atoms with Crippen molar-refractivity contribution in [3.63, 3.8) is 0 Å². The van der Waals surface area contributed by atoms with E-state index in [0.29, 0.717) is 27.8 Å². The van der Waals surface area contributed by atoms with Crippen LogP contribution in [0.3, 0.4) is 0 Å². The van der Waals surface area contributed by atoms with Gasteiger partial charge in [0.05, 0.1) is 0 Å². The van der Waals surface area contributed by atoms with Crippen LogP contribution in [0.4, 0.5) is 5.69 Å². The molecule has 0 saturated heterocycles. The predicted octanol–water partition coefficient (Wildman–Crippen LogP) is 4.77. The molecular weight excluding hydrogens is 370 g/mol. The van der Waals surface area contributed by atoms with E-state index >= 15 is 0 Å². The van der Waals surface area contributed by atoms with Crippen LogP contribution < -0.4 is 10.1 Å². The fourth-order valence-corrected chi connectivity index (χ4v) is 2.54. The van der Waals surface area contributed by atoms with Crippen molar-refractivity contribution in [2.45, 2.75) is 13.5 Å². The number of anilines is 1. The molecule has 0 aliphatic heterocycles. The van der Waals surface area contributed by atoms with Crippen LogP contribution in [0.25, 0.3) is 0 Å². The summed E-state index contributed by atoms with van der Waals surface area (Å²) < 4.78 is 10.7. The number of hydrogen-bond acceptors (Lipinski definition) is 4. The second-order valence-electron chi connectivity index (χ2n) is 5.75. The third-order valence-corrected chi connectivity index (χ3v) is 4.30. The lowest BCUT2D eigenvalue weighted by atomic mass is 10.1. The van der Waals surface area contributed by atoms with Gasteiger partial charge in [0.25, 0.3) is 5.91 Å². The Kier molecular flexibility index (Phi) is 5.47. The highest BCUT2D eigenvalue weighted by atomic mass is 35.5. The molecule has 0 fully saturated rings. The Morgan fingerprint density at radius 3 is 2.52 bits per heavy atom. The second-order valence-corrected chi connectivity index (χ2v) is 6.16. The SMILES string of the molecule is Cc1c(Cl)cccc1NC(=O)c1ccc(OCc2ccc(C(=O)O)o2)cc1. The largest absolute Gasteiger partial charge is 0.486 e. The number of carboxylic acids is 1. The van der Waals surface area contributed by atoms with Gasteiger partial charge in [0.2, 0.25) is 5.76 Å². The lowest BCUT2D eigenvalue weighted by Gasteiger charge is -2.10. The van der Waals surface area contributed by atoms with Gasteiger partial charge in [-0.1, -0.05) is 17.7 Å². The molecule has 2 N–H and O–H groups in total. The van der Waals surface area contributed by atoms with Gasteiger partial charge in [-0.15, -0.1) is 0 Å². The topological polar surface area (TPSA) is 88.8 Å². The molecule has 6 nitrogen and oxygen atoms in total. The molecule has 0 atom stereocenters. The van der Waals surface area contributed by atoms with Crippen molar-refractivity contribution in [3.05, 3.63) is 82.3 Å². The Labute approximate surface area is 160 Å². The van der Waals surface area contributed by atoms with Crippen LogP contribution in [-0.2, 0) is 6.61 Å². The maximum absolute atomic E-state index is 12.4. The van der Waals surface area contributed by atoms with Crippen LogP contribution in [0.15, 0.2) is 59.0 Å². The summed E-state index contributed by atoms with van der Waals surface area (Å²) in [6, 6.07) is 14.8. The molecule has 0 radical (unpaired) electrons. The van der Waals surface area contributed by atoms with Crippen LogP contribution in [-0.4, -0.2) is 17.0 Å². The van der Waals surface area contributed by atoms with E-state index in [1.807, 2.05) is 6.92 Å². The number of carbonyl (C=O) groups excluding carboxylic acids is 1. The number of carboxylic acid groups (broad SMARTS) is 1. The van der Waals surface area contributed by atoms with Gasteiger partial charge in [0, 0.05) is 16.3 Å². The molecule has 7 heteroatoms. The quantitative estimate of drug-likeness (QED) is 0.638. The van der Waals surface area contributed by atoms with E-state index in [0.717, 1.165) is 5.56 Å². The zero-order chi connectivity index (χ0) is 19.4. The number of aromatic carboxylic acids is 1. The second kappa shape index (κ2) is 7.97. The third kappa shape index (κ3) is 4.48. The minimum atomic E-state index is -1.13. The molecule has 27 heavy (non-hydrogen) atoms. The van der Waals surface area contributed by atoms with E-state index in [2.05, 4.69) is 5.32 Å². The van der Waals surface area contributed by atoms with Crippen molar-refractivity contribution < 1.29 is 23.8 Å². The Morgan fingerprint density at radius 2 is 1.85 bits per heavy atom. The van der Waals surface area contributed by atoms with Gasteiger partial charge in [-0.2, -0.15) is 0 Å². The van der Waals surface area contributed by atoms with Crippen LogP contribution in [0.2, 0.25) is 5.02 Å². The normalized spacial score (nSPS) is 10.4. The van der Waals surface area contributed by atoms with Crippen LogP contribution in [0.5, 0.6) is 5.75 Å². The molecular formula is C20H16ClNO5. The number of halogens is 1. The molecule has 1 aromatic heterocycles. The molecule has 0 aliphatic rings. The highest BCUT2D eigenvalue weighted by Gasteiger charge is 2.11. The molecule has 2 aromatic carbocycles. The number of hydrogen-bond donors (Lipinski definition) is 2. The van der Waals surface area contributed by atoms with E-state index in [1.54, 1.807) is 48.5 Å². The maximum atomic E-state index is 12.4. The van der Waals surface area contributed by atoms with Crippen molar-refractivity contribution in [2.24, 2.45) is 0 Å². The van der Waals surface area contributed by atoms with Crippen molar-refractivity contribution in [3.8, 4) is 5.75 Å². The zero-order valence-electron chi connectivity index (χ0n) is 14.4. The highest BCUT2D eigenvalue weighted by molar-refractivity contribution is 6.31. The number of amides is 1. The number of furan rings is 1. The molecule has 0 aliphatic carbocycles. The average Bonchev–Trinajstić information content (AvgIpc) is 3.13. The van der Waals surface area contributed by atoms with Crippen molar-refractivity contribution in [1.29, 1.82) is 0 Å². The monoisotopic (exact) mass is 385 g/mol. The van der Waals surface area contributed by atoms with Gasteiger partial charge in [-0.25, -0.2) is 4.79 Å². The zero-order valence-corrected chi connectivity index (χ0v) is 15.1. The highest BCUT2D eigenvalue weighted by Crippen LogP contribution is 2.24. The summed E-state index contributed by atoms with van der Waals surface area (Å²) in [6.07, 6.45) is 0. The molecule has 0 bridgehead atoms. The number of carbonyl (C=O) groups is 2. The number of ether oxygens (including phenoxy) is 1. The van der Waals surface area contributed by atoms with E-state index in [-0.39, 0.29) is 18.3 Å². The van der Waals surface area contributed by atoms with Gasteiger partial charge < -0.3 is 19.6 Å². The first-order valence-corrected chi connectivity index (χ1v) is 8.43. The lowest BCUT2D eigenvalue weighted by Crippen LogP contribution is -2.12. The molecule has 1 heterocycles. The molecule has 138 valence electrons. The number of rotatable bonds is 6. The summed E-state index contributed by atoms with van der Waals surface area (Å²) in [6.45, 7) is 1.92. The van der Waals surface area contributed by atoms with E-state index in [4.69, 9.17) is 25.9 Å². The summed E-state index contributed by atoms with van der Waals surface area (Å²) in [5, 5.41) is 12.2. The summed E-state index contributed by atoms with van der Waals surface area (Å²) in [4.78, 5) is 23.1. The van der Waals surface area contributed by atoms with Gasteiger partial charge in [-0.3, -0.25) is 4.79 Å². The van der Waals surface area contributed by atoms with Crippen molar-refractivity contribution >= 4 is 29.2 Å². The minimum absolute atomic E-state index is 0.0839. The summed E-state index contributed by atoms with van der Waals surface area (Å²) >= 11 is 6.06. The van der Waals surface area contributed by atoms with Gasteiger partial charge >= 0.3 is 5.97 Å². The van der Waals surface area contributed by atoms with Crippen LogP contribution in [0, 0.1) is 6.92 Å². The smallest absolute Gasteiger partial charge is 0.371 e. The van der Waals surface area contributed by atoms with E-state index in [1.165, 1.54) is 6.07 Å². The standard InChI is InChI=1S/C20H16ClNO5/c1-12-16(21)3-2-4-17(12)22-19(23)13-5-7-14(8-6-13)26-11-15-9-10-18(27-15)20(24)25/h2-10H,11H2,1H3,(H,22,23)(H,24,25). The Balaban J connectivity index is 1.61. The molecule has 0 saturated carbocycles. The first kappa shape index (κ1) is 18.5. The van der Waals surface area contributed by atoms with Crippen molar-refractivity contribution in [2.75, 3.05) is 5.32 Å². The van der Waals surface area contributed by atoms with Crippen molar-refractivity contribution in [1.82, 2.24) is 0 Å². The number of nitrogens with one attached hydrogen (secondary N) is 1. The maximum Gasteiger partial charge on any atom is 0.371 e. The van der Waals surface area contributed by atoms with Crippen LogP contribution >= 0.6 is 11.6 Å². The molecule has 3 rings (SSSR count). The Morgan fingerprint density at radius 1 is 1.11 bits per heavy atom. The molecule has 3 aromatic rings. The van der Waals surface area contributed by atoms with Gasteiger partial charge in [0.15, 0.2) is 0 Å². The van der Waals surface area contributed by atoms with Crippen LogP contribution in [0.1, 0.15) is 32.2 Å². The van der Waals surface area contributed by atoms with E-state index in [9.17, 15) is 9.59 Å². The first-order chi connectivity index (χ1) is 12.9. The Bertz CT molecular complexity index is 978. The lowest BCUT2D eigenvalue weighted by molar-refractivity contribution is 0.0658. The fraction of sp³-hybridized carbons (Fsp3) is 0.100. The molecule has 0 unspecified atom stereocenters. The first-order valence-electron chi connectivity index (χ1n) is 8.05. The molecule has 0 spiro atoms.